The molecule has 1 N–H and O–H groups in total. The van der Waals surface area contributed by atoms with Crippen molar-refractivity contribution in [1.82, 2.24) is 9.88 Å². The molecule has 0 aliphatic carbocycles. The molecule has 1 aliphatic heterocycles. The number of rotatable bonds is 4. The summed E-state index contributed by atoms with van der Waals surface area (Å²) >= 11 is 0. The third-order valence-electron chi connectivity index (χ3n) is 5.69. The van der Waals surface area contributed by atoms with Crippen LogP contribution < -0.4 is 10.1 Å². The van der Waals surface area contributed by atoms with Gasteiger partial charge in [0.15, 0.2) is 12.4 Å². The number of aromatic amines is 1. The summed E-state index contributed by atoms with van der Waals surface area (Å²) in [5.41, 5.74) is 2.96. The van der Waals surface area contributed by atoms with E-state index in [0.29, 0.717) is 5.56 Å². The molecule has 6 nitrogen and oxygen atoms in total. The van der Waals surface area contributed by atoms with Crippen molar-refractivity contribution in [2.45, 2.75) is 38.8 Å². The maximum Gasteiger partial charge on any atom is 0.295 e. The smallest absolute Gasteiger partial charge is 0.295 e. The van der Waals surface area contributed by atoms with Gasteiger partial charge >= 0.3 is 0 Å². The third kappa shape index (κ3) is 4.04. The maximum atomic E-state index is 13.3. The quantitative estimate of drug-likeness (QED) is 0.364. The second-order valence-corrected chi connectivity index (χ2v) is 8.93. The Kier molecular flexibility index (Phi) is 5.61. The van der Waals surface area contributed by atoms with E-state index in [-0.39, 0.29) is 17.5 Å². The van der Waals surface area contributed by atoms with Crippen LogP contribution >= 0.6 is 0 Å². The van der Waals surface area contributed by atoms with Gasteiger partial charge in [-0.25, -0.2) is 4.98 Å². The molecule has 32 heavy (non-hydrogen) atoms. The zero-order valence-electron chi connectivity index (χ0n) is 18.3. The van der Waals surface area contributed by atoms with Gasteiger partial charge in [0.1, 0.15) is 0 Å². The van der Waals surface area contributed by atoms with E-state index in [4.69, 9.17) is 0 Å². The number of hydrogen-bond acceptors (Lipinski definition) is 4. The molecule has 1 atom stereocenters. The van der Waals surface area contributed by atoms with Crippen LogP contribution in [0, 0.1) is 0 Å². The second-order valence-electron chi connectivity index (χ2n) is 8.93. The number of carbonyl (C=O) groups excluding carboxylic acids is 2. The van der Waals surface area contributed by atoms with Crippen LogP contribution in [0.2, 0.25) is 0 Å². The molecule has 0 bridgehead atoms. The average Bonchev–Trinajstić information content (AvgIpc) is 3.04. The van der Waals surface area contributed by atoms with Gasteiger partial charge in [-0.2, -0.15) is 0 Å². The van der Waals surface area contributed by atoms with Gasteiger partial charge in [-0.1, -0.05) is 50.8 Å². The predicted octanol–water partition coefficient (Wildman–Crippen LogP) is 2.62. The molecule has 1 aromatic carbocycles. The fraction of sp³-hybridized carbons (Fsp3) is 0.231. The van der Waals surface area contributed by atoms with E-state index in [1.165, 1.54) is 17.3 Å². The lowest BCUT2D eigenvalue weighted by atomic mass is 9.85. The molecule has 1 aliphatic rings. The highest BCUT2D eigenvalue weighted by Gasteiger charge is 2.44. The number of hydrogen-bond donors (Lipinski definition) is 0. The highest BCUT2D eigenvalue weighted by molar-refractivity contribution is 6.46. The van der Waals surface area contributed by atoms with Crippen LogP contribution in [0.25, 0.3) is 5.76 Å². The van der Waals surface area contributed by atoms with E-state index in [1.807, 2.05) is 36.4 Å². The number of pyridine rings is 2. The maximum absolute atomic E-state index is 13.3. The first-order valence-electron chi connectivity index (χ1n) is 10.5. The first kappa shape index (κ1) is 21.4. The molecule has 0 saturated carbocycles. The molecule has 1 fully saturated rings. The molecular formula is C26H25N3O3. The van der Waals surface area contributed by atoms with Gasteiger partial charge in [-0.3, -0.25) is 14.6 Å². The summed E-state index contributed by atoms with van der Waals surface area (Å²) in [5, 5.41) is 13.3. The number of amides is 1. The molecule has 1 amide bonds. The Hall–Kier alpha value is -3.80. The zero-order valence-corrected chi connectivity index (χ0v) is 18.3. The molecule has 6 heteroatoms. The summed E-state index contributed by atoms with van der Waals surface area (Å²) in [6.45, 7) is 6.56. The van der Waals surface area contributed by atoms with Crippen molar-refractivity contribution in [3.8, 4) is 0 Å². The van der Waals surface area contributed by atoms with Gasteiger partial charge in [0.2, 0.25) is 5.78 Å². The van der Waals surface area contributed by atoms with Crippen LogP contribution in [0.3, 0.4) is 0 Å². The first-order valence-corrected chi connectivity index (χ1v) is 10.5. The van der Waals surface area contributed by atoms with Crippen molar-refractivity contribution in [2.24, 2.45) is 0 Å². The van der Waals surface area contributed by atoms with E-state index >= 15 is 0 Å². The highest BCUT2D eigenvalue weighted by Crippen LogP contribution is 2.40. The Morgan fingerprint density at radius 2 is 1.75 bits per heavy atom. The lowest BCUT2D eigenvalue weighted by molar-refractivity contribution is -0.378. The SMILES string of the molecule is CC(C)(C)c1ccc(C2C(=C([O-])c3ccncc3)C(=O)C(=O)N2Cc2ccc[nH+]c2)cc1. The number of nitrogens with one attached hydrogen (secondary N) is 1. The van der Waals surface area contributed by atoms with Crippen molar-refractivity contribution < 1.29 is 19.7 Å². The van der Waals surface area contributed by atoms with Crippen LogP contribution in [0.15, 0.2) is 78.9 Å². The molecule has 0 radical (unpaired) electrons. The molecule has 162 valence electrons. The van der Waals surface area contributed by atoms with E-state index in [0.717, 1.165) is 16.7 Å². The van der Waals surface area contributed by atoms with E-state index < -0.39 is 23.5 Å². The summed E-state index contributed by atoms with van der Waals surface area (Å²) in [6, 6.07) is 13.8. The largest absolute Gasteiger partial charge is 0.872 e. The van der Waals surface area contributed by atoms with Gasteiger partial charge in [-0.05, 0) is 40.3 Å². The molecule has 2 aromatic heterocycles. The van der Waals surface area contributed by atoms with Crippen molar-refractivity contribution in [1.29, 1.82) is 0 Å². The topological polar surface area (TPSA) is 87.5 Å². The van der Waals surface area contributed by atoms with Crippen LogP contribution in [-0.4, -0.2) is 21.6 Å². The lowest BCUT2D eigenvalue weighted by Gasteiger charge is -2.28. The molecular weight excluding hydrogens is 402 g/mol. The zero-order chi connectivity index (χ0) is 22.9. The number of likely N-dealkylation sites (tertiary alicyclic amines) is 1. The van der Waals surface area contributed by atoms with Crippen LogP contribution in [0.4, 0.5) is 0 Å². The molecule has 4 rings (SSSR count). The minimum Gasteiger partial charge on any atom is -0.872 e. The van der Waals surface area contributed by atoms with Crippen LogP contribution in [-0.2, 0) is 21.5 Å². The van der Waals surface area contributed by atoms with Gasteiger partial charge in [0.05, 0.1) is 12.6 Å². The van der Waals surface area contributed by atoms with Gasteiger partial charge in [0.25, 0.3) is 5.91 Å². The van der Waals surface area contributed by atoms with Gasteiger partial charge in [0, 0.05) is 29.6 Å². The number of ketones is 1. The number of Topliss-reactive ketones (excluding diaryl/α,β-unsaturated/α-hetero) is 1. The van der Waals surface area contributed by atoms with Gasteiger partial charge in [-0.15, -0.1) is 0 Å². The molecule has 1 saturated heterocycles. The minimum absolute atomic E-state index is 0.0235. The monoisotopic (exact) mass is 427 g/mol. The molecule has 3 aromatic rings. The van der Waals surface area contributed by atoms with Crippen molar-refractivity contribution in [3.05, 3.63) is 101 Å². The van der Waals surface area contributed by atoms with Crippen LogP contribution in [0.5, 0.6) is 0 Å². The Labute approximate surface area is 187 Å². The Morgan fingerprint density at radius 1 is 1.06 bits per heavy atom. The fourth-order valence-electron chi connectivity index (χ4n) is 3.93. The Balaban J connectivity index is 1.85. The summed E-state index contributed by atoms with van der Waals surface area (Å²) in [7, 11) is 0. The summed E-state index contributed by atoms with van der Waals surface area (Å²) in [6.07, 6.45) is 6.55. The van der Waals surface area contributed by atoms with Crippen LogP contribution in [0.1, 0.15) is 49.1 Å². The number of H-pyrrole nitrogens is 1. The number of benzene rings is 1. The van der Waals surface area contributed by atoms with Crippen molar-refractivity contribution in [3.63, 3.8) is 0 Å². The summed E-state index contributed by atoms with van der Waals surface area (Å²) < 4.78 is 0. The lowest BCUT2D eigenvalue weighted by Crippen LogP contribution is -2.29. The number of nitrogens with zero attached hydrogens (tertiary/aromatic N) is 2. The first-order chi connectivity index (χ1) is 15.3. The Morgan fingerprint density at radius 3 is 2.34 bits per heavy atom. The van der Waals surface area contributed by atoms with E-state index in [9.17, 15) is 14.7 Å². The second kappa shape index (κ2) is 8.38. The molecule has 1 unspecified atom stereocenters. The van der Waals surface area contributed by atoms with E-state index in [1.54, 1.807) is 24.5 Å². The molecule has 3 heterocycles. The standard InChI is InChI=1S/C26H25N3O3/c1-26(2,3)20-8-6-18(7-9-20)22-21(23(30)19-10-13-27-14-11-19)24(31)25(32)29(22)16-17-5-4-12-28-15-17/h4-15,22,30H,16H2,1-3H3. The number of aromatic nitrogens is 2. The van der Waals surface area contributed by atoms with Gasteiger partial charge < -0.3 is 10.0 Å². The third-order valence-corrected chi connectivity index (χ3v) is 5.69. The minimum atomic E-state index is -0.759. The number of carbonyl (C=O) groups is 2. The molecule has 0 spiro atoms. The average molecular weight is 428 g/mol. The summed E-state index contributed by atoms with van der Waals surface area (Å²) in [5.74, 6) is -1.87. The fourth-order valence-corrected chi connectivity index (χ4v) is 3.93. The highest BCUT2D eigenvalue weighted by atomic mass is 16.3. The predicted molar refractivity (Wildman–Crippen MR) is 118 cm³/mol. The normalized spacial score (nSPS) is 18.2. The summed E-state index contributed by atoms with van der Waals surface area (Å²) in [4.78, 5) is 34.5. The Bertz CT molecular complexity index is 1160. The van der Waals surface area contributed by atoms with E-state index in [2.05, 4.69) is 30.7 Å². The van der Waals surface area contributed by atoms with Crippen molar-refractivity contribution in [2.75, 3.05) is 0 Å². The van der Waals surface area contributed by atoms with Crippen molar-refractivity contribution >= 4 is 17.4 Å².